The maximum absolute atomic E-state index is 9.69. The fourth-order valence-corrected chi connectivity index (χ4v) is 1.88. The molecule has 1 unspecified atom stereocenters. The molecule has 0 saturated heterocycles. The molecule has 0 bridgehead atoms. The van der Waals surface area contributed by atoms with Crippen molar-refractivity contribution in [2.24, 2.45) is 0 Å². The highest BCUT2D eigenvalue weighted by Gasteiger charge is 2.30. The minimum Gasteiger partial charge on any atom is -0.508 e. The summed E-state index contributed by atoms with van der Waals surface area (Å²) < 4.78 is 5.59. The van der Waals surface area contributed by atoms with Gasteiger partial charge in [0.15, 0.2) is 6.10 Å². The minimum absolute atomic E-state index is 0.109. The molecule has 1 aliphatic rings. The number of benzene rings is 2. The molecule has 2 aromatic carbocycles. The summed E-state index contributed by atoms with van der Waals surface area (Å²) in [5, 5.41) is 9.69. The third-order valence-corrected chi connectivity index (χ3v) is 2.67. The van der Waals surface area contributed by atoms with Crippen LogP contribution >= 0.6 is 0 Å². The fourth-order valence-electron chi connectivity index (χ4n) is 1.88. The van der Waals surface area contributed by atoms with Crippen LogP contribution in [0.3, 0.4) is 0 Å². The zero-order chi connectivity index (χ0) is 10.3. The molecule has 1 aliphatic heterocycles. The Labute approximate surface area is 87.8 Å². The predicted octanol–water partition coefficient (Wildman–Crippen LogP) is 2.87. The summed E-state index contributed by atoms with van der Waals surface area (Å²) in [6.07, 6.45) is -0.109. The first-order valence-electron chi connectivity index (χ1n) is 4.90. The minimum atomic E-state index is -0.109. The lowest BCUT2D eigenvalue weighted by molar-refractivity contribution is 0.182. The normalized spacial score (nSPS) is 17.5. The second-order valence-electron chi connectivity index (χ2n) is 3.59. The van der Waals surface area contributed by atoms with Crippen molar-refractivity contribution in [3.8, 4) is 11.5 Å². The third-order valence-electron chi connectivity index (χ3n) is 2.67. The molecule has 1 N–H and O–H groups in total. The Hall–Kier alpha value is -1.96. The Balaban J connectivity index is 2.04. The van der Waals surface area contributed by atoms with Gasteiger partial charge in [-0.2, -0.15) is 0 Å². The number of fused-ring (bicyclic) bond motifs is 1. The lowest BCUT2D eigenvalue weighted by Gasteiger charge is -2.31. The van der Waals surface area contributed by atoms with E-state index in [1.165, 1.54) is 0 Å². The number of para-hydroxylation sites is 2. The lowest BCUT2D eigenvalue weighted by Crippen LogP contribution is -2.19. The van der Waals surface area contributed by atoms with Gasteiger partial charge in [0.1, 0.15) is 11.5 Å². The van der Waals surface area contributed by atoms with E-state index in [2.05, 4.69) is 0 Å². The summed E-state index contributed by atoms with van der Waals surface area (Å²) in [5.74, 6) is 1.20. The largest absolute Gasteiger partial charge is 0.508 e. The maximum Gasteiger partial charge on any atom is 0.156 e. The van der Waals surface area contributed by atoms with E-state index in [0.717, 1.165) is 16.9 Å². The van der Waals surface area contributed by atoms with Gasteiger partial charge in [-0.15, -0.1) is 0 Å². The molecule has 2 heteroatoms. The molecule has 2 aromatic rings. The zero-order valence-corrected chi connectivity index (χ0v) is 8.05. The molecule has 1 atom stereocenters. The smallest absolute Gasteiger partial charge is 0.156 e. The standard InChI is InChI=1S/C13H10O2/c14-11-7-3-1-5-9(11)13-10-6-2-4-8-12(10)15-13/h1-8,13-14H. The van der Waals surface area contributed by atoms with Crippen LogP contribution in [0.2, 0.25) is 0 Å². The van der Waals surface area contributed by atoms with Crippen LogP contribution < -0.4 is 4.74 Å². The van der Waals surface area contributed by atoms with Crippen LogP contribution in [0, 0.1) is 0 Å². The molecule has 0 radical (unpaired) electrons. The topological polar surface area (TPSA) is 29.5 Å². The zero-order valence-electron chi connectivity index (χ0n) is 8.05. The first kappa shape index (κ1) is 8.36. The molecule has 3 rings (SSSR count). The van der Waals surface area contributed by atoms with Crippen LogP contribution in [0.25, 0.3) is 0 Å². The van der Waals surface area contributed by atoms with E-state index in [1.54, 1.807) is 6.07 Å². The number of hydrogen-bond acceptors (Lipinski definition) is 2. The molecule has 0 amide bonds. The van der Waals surface area contributed by atoms with Crippen molar-refractivity contribution in [1.29, 1.82) is 0 Å². The van der Waals surface area contributed by atoms with Crippen molar-refractivity contribution in [3.05, 3.63) is 59.7 Å². The summed E-state index contributed by atoms with van der Waals surface area (Å²) in [4.78, 5) is 0. The van der Waals surface area contributed by atoms with Crippen LogP contribution in [0.1, 0.15) is 17.2 Å². The number of aromatic hydroxyl groups is 1. The second-order valence-corrected chi connectivity index (χ2v) is 3.59. The van der Waals surface area contributed by atoms with E-state index in [9.17, 15) is 5.11 Å². The molecular weight excluding hydrogens is 188 g/mol. The quantitative estimate of drug-likeness (QED) is 0.763. The molecule has 15 heavy (non-hydrogen) atoms. The molecule has 1 heterocycles. The van der Waals surface area contributed by atoms with Gasteiger partial charge in [0.25, 0.3) is 0 Å². The number of phenols is 1. The van der Waals surface area contributed by atoms with Crippen molar-refractivity contribution in [3.63, 3.8) is 0 Å². The summed E-state index contributed by atoms with van der Waals surface area (Å²) in [5.41, 5.74) is 1.97. The van der Waals surface area contributed by atoms with Crippen LogP contribution in [-0.2, 0) is 0 Å². The Bertz CT molecular complexity index is 505. The second kappa shape index (κ2) is 3.02. The van der Waals surface area contributed by atoms with Crippen LogP contribution in [0.5, 0.6) is 11.5 Å². The first-order chi connectivity index (χ1) is 7.36. The number of phenolic OH excluding ortho intramolecular Hbond substituents is 1. The highest BCUT2D eigenvalue weighted by Crippen LogP contribution is 2.44. The molecule has 0 spiro atoms. The lowest BCUT2D eigenvalue weighted by atomic mass is 9.95. The van der Waals surface area contributed by atoms with Gasteiger partial charge in [0.05, 0.1) is 0 Å². The summed E-state index contributed by atoms with van der Waals surface area (Å²) in [6, 6.07) is 15.2. The van der Waals surface area contributed by atoms with Gasteiger partial charge in [0, 0.05) is 11.1 Å². The summed E-state index contributed by atoms with van der Waals surface area (Å²) in [7, 11) is 0. The number of hydrogen-bond donors (Lipinski definition) is 1. The van der Waals surface area contributed by atoms with Gasteiger partial charge >= 0.3 is 0 Å². The average Bonchev–Trinajstić information content (AvgIpc) is 2.23. The monoisotopic (exact) mass is 198 g/mol. The highest BCUT2D eigenvalue weighted by atomic mass is 16.5. The maximum atomic E-state index is 9.69. The Morgan fingerprint density at radius 2 is 1.53 bits per heavy atom. The van der Waals surface area contributed by atoms with Crippen molar-refractivity contribution >= 4 is 0 Å². The van der Waals surface area contributed by atoms with E-state index < -0.39 is 0 Å². The molecule has 0 saturated carbocycles. The van der Waals surface area contributed by atoms with Gasteiger partial charge in [-0.3, -0.25) is 0 Å². The third kappa shape index (κ3) is 1.18. The first-order valence-corrected chi connectivity index (χ1v) is 4.90. The molecule has 74 valence electrons. The SMILES string of the molecule is Oc1ccccc1C1Oc2ccccc21. The van der Waals surface area contributed by atoms with Crippen molar-refractivity contribution in [2.45, 2.75) is 6.10 Å². The van der Waals surface area contributed by atoms with Gasteiger partial charge < -0.3 is 9.84 Å². The number of rotatable bonds is 1. The molecule has 0 fully saturated rings. The highest BCUT2D eigenvalue weighted by molar-refractivity contribution is 5.50. The van der Waals surface area contributed by atoms with Gasteiger partial charge in [-0.1, -0.05) is 36.4 Å². The predicted molar refractivity (Wildman–Crippen MR) is 57.0 cm³/mol. The van der Waals surface area contributed by atoms with E-state index in [1.807, 2.05) is 42.5 Å². The van der Waals surface area contributed by atoms with Crippen LogP contribution in [0.15, 0.2) is 48.5 Å². The van der Waals surface area contributed by atoms with E-state index >= 15 is 0 Å². The summed E-state index contributed by atoms with van der Waals surface area (Å²) in [6.45, 7) is 0. The van der Waals surface area contributed by atoms with Gasteiger partial charge in [-0.05, 0) is 12.1 Å². The van der Waals surface area contributed by atoms with Crippen molar-refractivity contribution in [1.82, 2.24) is 0 Å². The van der Waals surface area contributed by atoms with Crippen molar-refractivity contribution < 1.29 is 9.84 Å². The van der Waals surface area contributed by atoms with Crippen LogP contribution in [-0.4, -0.2) is 5.11 Å². The van der Waals surface area contributed by atoms with Crippen LogP contribution in [0.4, 0.5) is 0 Å². The molecular formula is C13H10O2. The fraction of sp³-hybridized carbons (Fsp3) is 0.0769. The Kier molecular flexibility index (Phi) is 1.68. The summed E-state index contributed by atoms with van der Waals surface area (Å²) >= 11 is 0. The van der Waals surface area contributed by atoms with E-state index in [0.29, 0.717) is 0 Å². The number of ether oxygens (including phenoxy) is 1. The van der Waals surface area contributed by atoms with E-state index in [-0.39, 0.29) is 11.9 Å². The average molecular weight is 198 g/mol. The Morgan fingerprint density at radius 3 is 2.27 bits per heavy atom. The van der Waals surface area contributed by atoms with Crippen molar-refractivity contribution in [2.75, 3.05) is 0 Å². The van der Waals surface area contributed by atoms with Gasteiger partial charge in [-0.25, -0.2) is 0 Å². The molecule has 2 nitrogen and oxygen atoms in total. The van der Waals surface area contributed by atoms with Gasteiger partial charge in [0.2, 0.25) is 0 Å². The Morgan fingerprint density at radius 1 is 0.867 bits per heavy atom. The van der Waals surface area contributed by atoms with E-state index in [4.69, 9.17) is 4.74 Å². The molecule has 0 aliphatic carbocycles. The molecule has 0 aromatic heterocycles.